The van der Waals surface area contributed by atoms with Crippen LogP contribution in [0.3, 0.4) is 0 Å². The number of thiazole rings is 1. The Morgan fingerprint density at radius 3 is 2.18 bits per heavy atom. The fraction of sp³-hybridized carbons (Fsp3) is 0.500. The van der Waals surface area contributed by atoms with E-state index in [1.807, 2.05) is 54.8 Å². The molecule has 1 fully saturated rings. The van der Waals surface area contributed by atoms with Gasteiger partial charge in [-0.2, -0.15) is 9.55 Å². The van der Waals surface area contributed by atoms with Gasteiger partial charge < -0.3 is 79.7 Å². The number of rotatable bonds is 21. The molecule has 26 nitrogen and oxygen atoms in total. The number of nitrogens with two attached hydrogens (primary N) is 2. The van der Waals surface area contributed by atoms with E-state index in [0.29, 0.717) is 47.6 Å². The Morgan fingerprint density at radius 1 is 0.939 bits per heavy atom. The van der Waals surface area contributed by atoms with Crippen molar-refractivity contribution in [3.8, 4) is 11.5 Å². The highest BCUT2D eigenvalue weighted by Crippen LogP contribution is 2.40. The minimum Gasteiger partial charge on any atom is -1.00 e. The lowest BCUT2D eigenvalue weighted by atomic mass is 9.87. The van der Waals surface area contributed by atoms with Crippen LogP contribution in [0, 0.1) is 33.1 Å². The van der Waals surface area contributed by atoms with Crippen molar-refractivity contribution in [1.82, 2.24) is 39.8 Å². The molecular weight excluding hydrogens is 1150 g/mol. The number of unbranched alkanes of at least 4 members (excludes halogenated alkanes) is 1. The molecule has 1 aromatic carbocycles. The number of benzene rings is 1. The predicted molar refractivity (Wildman–Crippen MR) is 305 cm³/mol. The molecule has 6 heterocycles. The topological polar surface area (TPSA) is 438 Å². The molecule has 0 spiro atoms. The largest absolute Gasteiger partial charge is 1.00 e. The van der Waals surface area contributed by atoms with Gasteiger partial charge in [-0.05, 0) is 75.4 Å². The van der Waals surface area contributed by atoms with Crippen molar-refractivity contribution in [3.63, 3.8) is 0 Å². The average molecular weight is 1220 g/mol. The zero-order chi connectivity index (χ0) is 60.6. The van der Waals surface area contributed by atoms with Gasteiger partial charge in [0.1, 0.15) is 36.1 Å². The maximum atomic E-state index is 12.2. The quantitative estimate of drug-likeness (QED) is 0.0158. The van der Waals surface area contributed by atoms with Crippen LogP contribution < -0.4 is 45.0 Å². The van der Waals surface area contributed by atoms with E-state index in [-0.39, 0.29) is 56.6 Å². The molecular formula is C52H74ClN11O15S3. The molecule has 0 bridgehead atoms. The lowest BCUT2D eigenvalue weighted by Gasteiger charge is -2.26. The Kier molecular flexibility index (Phi) is 31.3. The highest BCUT2D eigenvalue weighted by molar-refractivity contribution is 8.77. The van der Waals surface area contributed by atoms with Crippen LogP contribution in [0.25, 0.3) is 22.6 Å². The number of aromatic amines is 1. The minimum atomic E-state index is -1.64. The van der Waals surface area contributed by atoms with Crippen LogP contribution in [0.4, 0.5) is 5.82 Å². The summed E-state index contributed by atoms with van der Waals surface area (Å²) in [6, 6.07) is 6.82. The third kappa shape index (κ3) is 23.2. The van der Waals surface area contributed by atoms with E-state index in [2.05, 4.69) is 39.8 Å². The van der Waals surface area contributed by atoms with E-state index in [9.17, 15) is 49.2 Å². The van der Waals surface area contributed by atoms with Crippen molar-refractivity contribution < 1.29 is 82.1 Å². The van der Waals surface area contributed by atoms with Crippen LogP contribution >= 0.6 is 32.9 Å². The second kappa shape index (κ2) is 35.7. The molecule has 82 heavy (non-hydrogen) atoms. The van der Waals surface area contributed by atoms with E-state index in [0.717, 1.165) is 40.5 Å². The van der Waals surface area contributed by atoms with Crippen LogP contribution in [0.5, 0.6) is 0 Å². The summed E-state index contributed by atoms with van der Waals surface area (Å²) in [4.78, 5) is 89.2. The molecule has 3 aliphatic rings. The van der Waals surface area contributed by atoms with Gasteiger partial charge in [-0.1, -0.05) is 53.2 Å². The first-order chi connectivity index (χ1) is 38.2. The average Bonchev–Trinajstić information content (AvgIpc) is 4.21. The number of aromatic nitrogens is 8. The summed E-state index contributed by atoms with van der Waals surface area (Å²) in [5.41, 5.74) is 15.6. The van der Waals surface area contributed by atoms with Crippen molar-refractivity contribution in [2.75, 3.05) is 37.9 Å². The minimum absolute atomic E-state index is 0. The van der Waals surface area contributed by atoms with E-state index in [4.69, 9.17) is 37.0 Å². The molecule has 15 N–H and O–H groups in total. The number of nitrogen functional groups attached to an aromatic ring is 1. The molecule has 1 saturated heterocycles. The smallest absolute Gasteiger partial charge is 0.349 e. The van der Waals surface area contributed by atoms with Crippen LogP contribution in [-0.4, -0.2) is 166 Å². The zero-order valence-electron chi connectivity index (χ0n) is 46.3. The highest BCUT2D eigenvalue weighted by Gasteiger charge is 2.33. The Bertz CT molecular complexity index is 3080. The molecule has 2 amide bonds. The van der Waals surface area contributed by atoms with Crippen molar-refractivity contribution >= 4 is 73.5 Å². The summed E-state index contributed by atoms with van der Waals surface area (Å²) in [6.07, 6.45) is 4.03. The fourth-order valence-electron chi connectivity index (χ4n) is 7.21. The van der Waals surface area contributed by atoms with Crippen LogP contribution in [0.15, 0.2) is 58.0 Å². The number of aliphatic carboxylic acids is 2. The summed E-state index contributed by atoms with van der Waals surface area (Å²) >= 11 is 1.65. The van der Waals surface area contributed by atoms with Crippen LogP contribution in [0.2, 0.25) is 0 Å². The molecule has 3 aliphatic heterocycles. The Balaban J connectivity index is 0.000000367. The SMILES string of the molecule is CC(C)(CO)[C@@H](O)C(=O)NCCC(=O)O.Cc1cc2nc3c(=O)[nH]c(=O)nc-3n(C[C@H](O)[C@H](O)[C@H](O)CO)c2cc1C.Cc1ncc(C[n+]2csc(CCO)c2C)c(N)n1.NC(=O)c1cccnc1.O=C(O)CCCCC1CCSS1.[Cl-]. The number of carboxylic acid groups (broad SMARTS) is 2. The third-order valence-electron chi connectivity index (χ3n) is 12.3. The summed E-state index contributed by atoms with van der Waals surface area (Å²) in [6.45, 7) is 10.1. The van der Waals surface area contributed by atoms with Gasteiger partial charge in [-0.25, -0.2) is 19.7 Å². The molecule has 452 valence electrons. The van der Waals surface area contributed by atoms with E-state index in [1.54, 1.807) is 48.0 Å². The number of hydrogen-bond donors (Lipinski definition) is 13. The maximum absolute atomic E-state index is 12.2. The number of aliphatic hydroxyl groups excluding tert-OH is 7. The number of pyridine rings is 1. The molecule has 30 heteroatoms. The van der Waals surface area contributed by atoms with Gasteiger partial charge >= 0.3 is 17.6 Å². The molecule has 7 rings (SSSR count). The van der Waals surface area contributed by atoms with Gasteiger partial charge in [0.25, 0.3) is 5.56 Å². The maximum Gasteiger partial charge on any atom is 0.349 e. The van der Waals surface area contributed by atoms with Gasteiger partial charge in [-0.3, -0.25) is 33.9 Å². The van der Waals surface area contributed by atoms with E-state index >= 15 is 0 Å². The zero-order valence-corrected chi connectivity index (χ0v) is 49.5. The van der Waals surface area contributed by atoms with Crippen LogP contribution in [0.1, 0.15) is 95.8 Å². The standard InChI is InChI=1S/C17H20N4O6.C12H17N4OS.C9H17NO5.C8H14O2S2.C6H6N2O.ClH/c1-7-3-9-10(4-8(7)2)21(5-11(23)14(25)12(24)6-22)15-13(18-9)16(26)20-17(27)19-15;1-8-11(3-4-17)18-7-16(8)6-10-5-14-9(2)15-12(10)13;1-9(2,5-11)7(14)8(15)10-4-3-6(12)13;9-8(10)4-2-1-3-7-5-6-11-12-7;7-6(9)5-2-1-3-8-4-5;/h3-4,11-12,14,22-25H,5-6H2,1-2H3,(H,20,26,27);5,7,17H,3-4,6H2,1-2H3,(H2,13,14,15);7,11,14H,3-5H2,1-2H3,(H,10,15)(H,12,13);7H,1-6H2,(H,9,10);1-4H,(H2,7,9);1H/q;+1;;;;/p-1/t11-,12+,14-;;7-;;;/m0.0.../s1. The van der Waals surface area contributed by atoms with Gasteiger partial charge in [0, 0.05) is 67.9 Å². The van der Waals surface area contributed by atoms with Crippen molar-refractivity contribution in [2.45, 2.75) is 129 Å². The van der Waals surface area contributed by atoms with E-state index in [1.165, 1.54) is 48.1 Å². The molecule has 0 radical (unpaired) electrons. The van der Waals surface area contributed by atoms with Crippen molar-refractivity contribution in [3.05, 3.63) is 108 Å². The summed E-state index contributed by atoms with van der Waals surface area (Å²) in [5, 5.41) is 85.9. The number of carboxylic acids is 2. The molecule has 4 aromatic rings. The van der Waals surface area contributed by atoms with Crippen LogP contribution in [-0.2, 0) is 33.9 Å². The molecule has 1 unspecified atom stereocenters. The molecule has 0 aliphatic carbocycles. The lowest BCUT2D eigenvalue weighted by molar-refractivity contribution is -0.689. The number of H-pyrrole nitrogens is 1. The van der Waals surface area contributed by atoms with E-state index < -0.39 is 71.4 Å². The van der Waals surface area contributed by atoms with Crippen molar-refractivity contribution in [2.24, 2.45) is 11.1 Å². The number of halogens is 1. The highest BCUT2D eigenvalue weighted by atomic mass is 35.5. The first kappa shape index (κ1) is 71.9. The van der Waals surface area contributed by atoms with Gasteiger partial charge in [0.2, 0.25) is 17.3 Å². The number of primary amides is 1. The number of carbonyl (C=O) groups excluding carboxylic acids is 2. The number of nitrogens with one attached hydrogen (secondary N) is 2. The summed E-state index contributed by atoms with van der Waals surface area (Å²) in [5.74, 6) is -0.361. The Morgan fingerprint density at radius 2 is 1.62 bits per heavy atom. The number of fused-ring (bicyclic) bond motifs is 2. The Hall–Kier alpha value is -6.25. The number of nitrogens with zero attached hydrogens (tertiary/aromatic N) is 7. The van der Waals surface area contributed by atoms with Crippen molar-refractivity contribution in [1.29, 1.82) is 0 Å². The predicted octanol–water partition coefficient (Wildman–Crippen LogP) is -2.19. The Labute approximate surface area is 490 Å². The first-order valence-electron chi connectivity index (χ1n) is 25.4. The number of hydrogen-bond acceptors (Lipinski definition) is 22. The number of amides is 2. The van der Waals surface area contributed by atoms with Gasteiger partial charge in [0.15, 0.2) is 23.8 Å². The molecule has 0 saturated carbocycles. The van der Waals surface area contributed by atoms with Gasteiger partial charge in [-0.15, -0.1) is 0 Å². The monoisotopic (exact) mass is 1220 g/mol. The normalized spacial score (nSPS) is 14.1. The van der Waals surface area contributed by atoms with Gasteiger partial charge in [0.05, 0.1) is 53.2 Å². The molecule has 5 atom stereocenters. The fourth-order valence-corrected chi connectivity index (χ4v) is 11.2. The number of carbonyl (C=O) groups is 4. The molecule has 3 aromatic heterocycles. The second-order valence-corrected chi connectivity index (χ2v) is 22.9. The number of aryl methyl sites for hydroxylation is 3. The number of aliphatic hydroxyl groups is 7. The summed E-state index contributed by atoms with van der Waals surface area (Å²) in [7, 11) is 3.92. The lowest BCUT2D eigenvalue weighted by Crippen LogP contribution is -3.00. The number of anilines is 1. The summed E-state index contributed by atoms with van der Waals surface area (Å²) < 4.78 is 3.51. The first-order valence-corrected chi connectivity index (χ1v) is 28.7. The second-order valence-electron chi connectivity index (χ2n) is 19.2. The third-order valence-corrected chi connectivity index (χ3v) is 16.4.